The van der Waals surface area contributed by atoms with Crippen LogP contribution in [0.2, 0.25) is 0 Å². The van der Waals surface area contributed by atoms with Crippen LogP contribution in [0.25, 0.3) is 0 Å². The number of hydrogen-bond donors (Lipinski definition) is 2. The van der Waals surface area contributed by atoms with E-state index in [1.54, 1.807) is 0 Å². The first-order chi connectivity index (χ1) is 7.85. The van der Waals surface area contributed by atoms with Crippen molar-refractivity contribution in [1.29, 1.82) is 0 Å². The number of nitrogens with two attached hydrogens (primary N) is 1. The number of aliphatic hydroxyl groups excluding tert-OH is 1. The summed E-state index contributed by atoms with van der Waals surface area (Å²) in [5.41, 5.74) is 0. The van der Waals surface area contributed by atoms with Crippen LogP contribution in [0.15, 0.2) is 0 Å². The van der Waals surface area contributed by atoms with Gasteiger partial charge in [0.15, 0.2) is 9.84 Å². The molecule has 1 aliphatic rings. The zero-order chi connectivity index (χ0) is 13.1. The Morgan fingerprint density at radius 2 is 2.24 bits per heavy atom. The summed E-state index contributed by atoms with van der Waals surface area (Å²) in [7, 11) is -3.24. The average Bonchev–Trinajstić information content (AvgIpc) is 2.46. The highest BCUT2D eigenvalue weighted by molar-refractivity contribution is 7.98. The average molecular weight is 283 g/mol. The summed E-state index contributed by atoms with van der Waals surface area (Å²) in [6, 6.07) is -1.39. The molecule has 0 spiro atoms. The molecular formula is C9H17NO5S2. The lowest BCUT2D eigenvalue weighted by Gasteiger charge is -2.21. The Kier molecular flexibility index (Phi) is 5.23. The summed E-state index contributed by atoms with van der Waals surface area (Å²) in [4.78, 5) is 10.9. The van der Waals surface area contributed by atoms with E-state index < -0.39 is 34.0 Å². The van der Waals surface area contributed by atoms with Gasteiger partial charge in [0.25, 0.3) is 0 Å². The molecule has 8 heteroatoms. The lowest BCUT2D eigenvalue weighted by atomic mass is 10.1. The molecule has 0 radical (unpaired) electrons. The second-order valence-corrected chi connectivity index (χ2v) is 7.35. The fourth-order valence-corrected chi connectivity index (χ4v) is 4.19. The number of rotatable bonds is 6. The molecular weight excluding hydrogens is 266 g/mol. The van der Waals surface area contributed by atoms with Crippen LogP contribution in [0.4, 0.5) is 0 Å². The zero-order valence-electron chi connectivity index (χ0n) is 9.53. The highest BCUT2D eigenvalue weighted by Gasteiger charge is 2.40. The van der Waals surface area contributed by atoms with Crippen molar-refractivity contribution < 1.29 is 28.7 Å². The maximum atomic E-state index is 11.3. The summed E-state index contributed by atoms with van der Waals surface area (Å²) in [6.07, 6.45) is 1.27. The van der Waals surface area contributed by atoms with Crippen molar-refractivity contribution in [2.45, 2.75) is 24.6 Å². The number of carboxylic acids is 1. The molecule has 1 fully saturated rings. The van der Waals surface area contributed by atoms with Crippen molar-refractivity contribution in [2.75, 3.05) is 23.5 Å². The van der Waals surface area contributed by atoms with Gasteiger partial charge in [0.05, 0.1) is 11.7 Å². The second kappa shape index (κ2) is 6.03. The topological polar surface area (TPSA) is 111 Å². The highest BCUT2D eigenvalue weighted by atomic mass is 32.2. The van der Waals surface area contributed by atoms with Crippen molar-refractivity contribution in [2.24, 2.45) is 0 Å². The van der Waals surface area contributed by atoms with Gasteiger partial charge in [-0.3, -0.25) is 0 Å². The molecule has 0 unspecified atom stereocenters. The van der Waals surface area contributed by atoms with Gasteiger partial charge in [-0.25, -0.2) is 8.42 Å². The smallest absolute Gasteiger partial charge is 0.159 e. The summed E-state index contributed by atoms with van der Waals surface area (Å²) < 4.78 is 22.5. The van der Waals surface area contributed by atoms with E-state index in [1.165, 1.54) is 17.1 Å². The zero-order valence-corrected chi connectivity index (χ0v) is 11.2. The number of hydrogen-bond acceptors (Lipinski definition) is 6. The van der Waals surface area contributed by atoms with Gasteiger partial charge in [-0.05, 0) is 12.0 Å². The molecule has 1 rings (SSSR count). The maximum Gasteiger partial charge on any atom is 0.159 e. The highest BCUT2D eigenvalue weighted by Crippen LogP contribution is 2.10. The number of aliphatic hydroxyl groups is 1. The molecule has 0 aliphatic carbocycles. The third-order valence-electron chi connectivity index (χ3n) is 2.78. The molecule has 0 bridgehead atoms. The Labute approximate surface area is 105 Å². The largest absolute Gasteiger partial charge is 0.544 e. The molecule has 3 N–H and O–H groups in total. The molecule has 100 valence electrons. The van der Waals surface area contributed by atoms with Gasteiger partial charge in [0, 0.05) is 6.42 Å². The lowest BCUT2D eigenvalue weighted by Crippen LogP contribution is -2.99. The van der Waals surface area contributed by atoms with E-state index in [0.29, 0.717) is 12.2 Å². The molecule has 1 heterocycles. The Morgan fingerprint density at radius 1 is 1.59 bits per heavy atom. The normalized spacial score (nSPS) is 29.1. The first-order valence-corrected chi connectivity index (χ1v) is 8.50. The van der Waals surface area contributed by atoms with Crippen LogP contribution in [0.3, 0.4) is 0 Å². The third-order valence-corrected chi connectivity index (χ3v) is 5.17. The molecule has 1 aliphatic heterocycles. The predicted octanol–water partition coefficient (Wildman–Crippen LogP) is -3.42. The monoisotopic (exact) mass is 283 g/mol. The van der Waals surface area contributed by atoms with Crippen LogP contribution >= 0.6 is 11.8 Å². The van der Waals surface area contributed by atoms with Crippen molar-refractivity contribution in [3.8, 4) is 0 Å². The minimum atomic E-state index is -3.24. The second-order valence-electron chi connectivity index (χ2n) is 4.21. The van der Waals surface area contributed by atoms with Gasteiger partial charge in [0.1, 0.15) is 23.9 Å². The minimum Gasteiger partial charge on any atom is -0.544 e. The molecule has 0 aromatic rings. The van der Waals surface area contributed by atoms with E-state index >= 15 is 0 Å². The van der Waals surface area contributed by atoms with Crippen molar-refractivity contribution in [3.05, 3.63) is 0 Å². The van der Waals surface area contributed by atoms with Crippen molar-refractivity contribution in [1.82, 2.24) is 0 Å². The van der Waals surface area contributed by atoms with Gasteiger partial charge < -0.3 is 20.3 Å². The molecule has 17 heavy (non-hydrogen) atoms. The van der Waals surface area contributed by atoms with Gasteiger partial charge in [0.2, 0.25) is 0 Å². The summed E-state index contributed by atoms with van der Waals surface area (Å²) in [5, 5.41) is 21.8. The minimum absolute atomic E-state index is 0.169. The van der Waals surface area contributed by atoms with Crippen LogP contribution in [0.5, 0.6) is 0 Å². The Balaban J connectivity index is 2.58. The number of thioether (sulfide) groups is 1. The molecule has 0 aromatic carbocycles. The van der Waals surface area contributed by atoms with E-state index in [2.05, 4.69) is 0 Å². The van der Waals surface area contributed by atoms with Crippen LogP contribution in [-0.2, 0) is 14.6 Å². The molecule has 6 nitrogen and oxygen atoms in total. The quantitative estimate of drug-likeness (QED) is 0.525. The molecule has 3 atom stereocenters. The number of carbonyl (C=O) groups is 1. The summed E-state index contributed by atoms with van der Waals surface area (Å²) in [5.74, 6) is -1.01. The number of carboxylic acid groups (broad SMARTS) is 1. The lowest BCUT2D eigenvalue weighted by molar-refractivity contribution is -0.716. The van der Waals surface area contributed by atoms with Gasteiger partial charge in [-0.2, -0.15) is 11.8 Å². The van der Waals surface area contributed by atoms with E-state index in [1.807, 2.05) is 6.26 Å². The fourth-order valence-electron chi connectivity index (χ4n) is 1.88. The molecule has 0 saturated carbocycles. The fraction of sp³-hybridized carbons (Fsp3) is 0.889. The van der Waals surface area contributed by atoms with Crippen LogP contribution < -0.4 is 10.4 Å². The number of aliphatic carboxylic acids is 1. The Hall–Kier alpha value is -0.310. The van der Waals surface area contributed by atoms with Crippen molar-refractivity contribution >= 4 is 27.6 Å². The number of quaternary nitrogens is 1. The molecule has 0 aromatic heterocycles. The maximum absolute atomic E-state index is 11.3. The van der Waals surface area contributed by atoms with Gasteiger partial charge in [-0.1, -0.05) is 0 Å². The van der Waals surface area contributed by atoms with Crippen LogP contribution in [-0.4, -0.2) is 61.2 Å². The number of sulfone groups is 1. The first kappa shape index (κ1) is 14.7. The predicted molar refractivity (Wildman–Crippen MR) is 62.2 cm³/mol. The molecule has 0 amide bonds. The Morgan fingerprint density at radius 3 is 2.65 bits per heavy atom. The summed E-state index contributed by atoms with van der Waals surface area (Å²) >= 11 is 1.51. The van der Waals surface area contributed by atoms with Crippen LogP contribution in [0.1, 0.15) is 6.42 Å². The van der Waals surface area contributed by atoms with E-state index in [9.17, 15) is 23.4 Å². The summed E-state index contributed by atoms with van der Waals surface area (Å²) in [6.45, 7) is 0. The van der Waals surface area contributed by atoms with E-state index in [4.69, 9.17) is 0 Å². The van der Waals surface area contributed by atoms with Crippen LogP contribution in [0, 0.1) is 0 Å². The Bertz CT molecular complexity index is 370. The SMILES string of the molecule is CSCC[C@@H]([NH2+][C@@H]1CS(=O)(=O)C[C@H]1O)C(=O)[O-]. The van der Waals surface area contributed by atoms with E-state index in [0.717, 1.165) is 0 Å². The third kappa shape index (κ3) is 4.46. The van der Waals surface area contributed by atoms with Gasteiger partial charge >= 0.3 is 0 Å². The standard InChI is InChI=1S/C9H17NO5S2/c1-16-3-2-6(9(12)13)10-7-4-17(14,15)5-8(7)11/h6-8,10-11H,2-5H2,1H3,(H,12,13)/t6-,7-,8-/m1/s1. The first-order valence-electron chi connectivity index (χ1n) is 5.29. The van der Waals surface area contributed by atoms with Crippen molar-refractivity contribution in [3.63, 3.8) is 0 Å². The molecule has 1 saturated heterocycles. The van der Waals surface area contributed by atoms with E-state index in [-0.39, 0.29) is 11.5 Å². The number of carbonyl (C=O) groups excluding carboxylic acids is 1. The van der Waals surface area contributed by atoms with Gasteiger partial charge in [-0.15, -0.1) is 0 Å².